The van der Waals surface area contributed by atoms with Gasteiger partial charge >= 0.3 is 6.09 Å². The van der Waals surface area contributed by atoms with Crippen molar-refractivity contribution in [3.63, 3.8) is 0 Å². The molecule has 8 rings (SSSR count). The van der Waals surface area contributed by atoms with Gasteiger partial charge in [-0.05, 0) is 79.8 Å². The number of carbonyl (C=O) groups excluding carboxylic acids is 6. The highest BCUT2D eigenvalue weighted by molar-refractivity contribution is 6.31. The summed E-state index contributed by atoms with van der Waals surface area (Å²) in [6.07, 6.45) is 0.177. The Morgan fingerprint density at radius 1 is 0.859 bits per heavy atom. The number of nitrogens with zero attached hydrogens (tertiary/aromatic N) is 7. The van der Waals surface area contributed by atoms with E-state index >= 15 is 0 Å². The average Bonchev–Trinajstić information content (AvgIpc) is 3.60. The highest BCUT2D eigenvalue weighted by atomic mass is 35.5. The monoisotopic (exact) mass is 992 g/mol. The van der Waals surface area contributed by atoms with Crippen molar-refractivity contribution in [1.82, 2.24) is 30.2 Å². The molecule has 7 amide bonds. The molecule has 4 aliphatic heterocycles. The van der Waals surface area contributed by atoms with Crippen molar-refractivity contribution in [2.45, 2.75) is 71.6 Å². The average molecular weight is 994 g/mol. The number of anilines is 2. The summed E-state index contributed by atoms with van der Waals surface area (Å²) in [7, 11) is 0. The Balaban J connectivity index is 0.788. The first-order chi connectivity index (χ1) is 33.8. The van der Waals surface area contributed by atoms with Gasteiger partial charge in [-0.25, -0.2) is 4.79 Å². The summed E-state index contributed by atoms with van der Waals surface area (Å²) in [6.45, 7) is 12.9. The van der Waals surface area contributed by atoms with Gasteiger partial charge in [0, 0.05) is 105 Å². The van der Waals surface area contributed by atoms with Gasteiger partial charge in [0.1, 0.15) is 30.6 Å². The molecule has 5 aliphatic rings. The normalized spacial score (nSPS) is 22.1. The molecule has 1 unspecified atom stereocenters. The molecule has 4 heterocycles. The SMILES string of the molecule is CC1(C)C(NC(=O)c2ccc(N3CCC(CN4CCN(c5ccc6c(c5)C(=O)N(C5CCC(=O)N(CN(CCNC(=O)CN)C(=O)O)C5=O)C6=O)CC4)CC3)cc2)C(C)(C)C1Oc1ccc(C#N)c(Cl)c1. The van der Waals surface area contributed by atoms with Crippen molar-refractivity contribution in [2.24, 2.45) is 22.5 Å². The number of halogens is 1. The minimum Gasteiger partial charge on any atom is -0.489 e. The number of fused-ring (bicyclic) bond motifs is 1. The van der Waals surface area contributed by atoms with Crippen LogP contribution in [0, 0.1) is 28.1 Å². The summed E-state index contributed by atoms with van der Waals surface area (Å²) >= 11 is 6.26. The highest BCUT2D eigenvalue weighted by Gasteiger charge is 2.64. The Labute approximate surface area is 417 Å². The van der Waals surface area contributed by atoms with E-state index in [1.165, 1.54) is 0 Å². The lowest BCUT2D eigenvalue weighted by Crippen LogP contribution is -2.74. The van der Waals surface area contributed by atoms with Gasteiger partial charge < -0.3 is 36.0 Å². The molecule has 3 aromatic rings. The van der Waals surface area contributed by atoms with E-state index in [2.05, 4.69) is 59.1 Å². The second-order valence-electron chi connectivity index (χ2n) is 20.2. The minimum absolute atomic E-state index is 0.0847. The molecular weight excluding hydrogens is 932 g/mol. The molecule has 1 atom stereocenters. The highest BCUT2D eigenvalue weighted by Crippen LogP contribution is 2.55. The van der Waals surface area contributed by atoms with E-state index in [-0.39, 0.29) is 72.5 Å². The Kier molecular flexibility index (Phi) is 14.6. The minimum atomic E-state index is -1.43. The fourth-order valence-electron chi connectivity index (χ4n) is 11.3. The van der Waals surface area contributed by atoms with Crippen molar-refractivity contribution in [3.05, 3.63) is 87.9 Å². The summed E-state index contributed by atoms with van der Waals surface area (Å²) in [6, 6.07) is 18.6. The predicted octanol–water partition coefficient (Wildman–Crippen LogP) is 3.99. The fourth-order valence-corrected chi connectivity index (χ4v) is 11.5. The molecule has 0 radical (unpaired) electrons. The molecule has 71 heavy (non-hydrogen) atoms. The first-order valence-corrected chi connectivity index (χ1v) is 24.5. The predicted molar refractivity (Wildman–Crippen MR) is 263 cm³/mol. The number of hydrogen-bond donors (Lipinski definition) is 4. The smallest absolute Gasteiger partial charge is 0.408 e. The van der Waals surface area contributed by atoms with Crippen LogP contribution in [0.5, 0.6) is 5.75 Å². The number of nitrogens with one attached hydrogen (secondary N) is 2. The summed E-state index contributed by atoms with van der Waals surface area (Å²) in [4.78, 5) is 101. The lowest BCUT2D eigenvalue weighted by molar-refractivity contribution is -0.164. The maximum Gasteiger partial charge on any atom is 0.408 e. The number of ether oxygens (including phenoxy) is 1. The number of piperazine rings is 1. The molecule has 0 bridgehead atoms. The van der Waals surface area contributed by atoms with Crippen LogP contribution in [0.2, 0.25) is 5.02 Å². The van der Waals surface area contributed by atoms with E-state index in [1.54, 1.807) is 30.3 Å². The summed E-state index contributed by atoms with van der Waals surface area (Å²) < 4.78 is 6.39. The van der Waals surface area contributed by atoms with Crippen LogP contribution in [0.25, 0.3) is 0 Å². The van der Waals surface area contributed by atoms with Crippen molar-refractivity contribution in [3.8, 4) is 11.8 Å². The largest absolute Gasteiger partial charge is 0.489 e. The van der Waals surface area contributed by atoms with Crippen LogP contribution in [0.3, 0.4) is 0 Å². The zero-order valence-electron chi connectivity index (χ0n) is 40.5. The Bertz CT molecular complexity index is 2620. The van der Waals surface area contributed by atoms with E-state index in [1.807, 2.05) is 30.3 Å². The Hall–Kier alpha value is -6.75. The molecule has 0 spiro atoms. The third kappa shape index (κ3) is 10.2. The molecular formula is C51H61ClN10O9. The number of likely N-dealkylation sites (tertiary alicyclic amines) is 1. The Morgan fingerprint density at radius 2 is 1.51 bits per heavy atom. The molecule has 376 valence electrons. The van der Waals surface area contributed by atoms with E-state index in [4.69, 9.17) is 22.1 Å². The first kappa shape index (κ1) is 50.6. The van der Waals surface area contributed by atoms with Gasteiger partial charge in [-0.15, -0.1) is 0 Å². The number of benzene rings is 3. The van der Waals surface area contributed by atoms with Crippen LogP contribution in [-0.4, -0.2) is 157 Å². The second-order valence-corrected chi connectivity index (χ2v) is 20.6. The molecule has 5 N–H and O–H groups in total. The first-order valence-electron chi connectivity index (χ1n) is 24.1. The van der Waals surface area contributed by atoms with Crippen molar-refractivity contribution >= 4 is 64.5 Å². The standard InChI is InChI=1S/C51H61ClN10O9/c1-50(2)47(51(3,4)48(50)71-36-11-7-33(27-53)39(52)26-36)56-43(65)32-5-8-34(9-6-32)58-18-15-31(16-19-58)29-57-21-23-59(24-22-57)35-10-12-37-38(25-35)45(67)62(44(37)66)40-13-14-42(64)61(46(40)68)30-60(49(69)70)20-17-55-41(63)28-54/h5-12,25-26,31,40,47-48H,13-24,28-30,54H2,1-4H3,(H,55,63)(H,56,65)(H,69,70). The number of amides is 7. The topological polar surface area (TPSA) is 242 Å². The third-order valence-electron chi connectivity index (χ3n) is 15.0. The maximum atomic E-state index is 13.9. The van der Waals surface area contributed by atoms with Crippen LogP contribution in [0.15, 0.2) is 60.7 Å². The maximum absolute atomic E-state index is 13.9. The van der Waals surface area contributed by atoms with E-state index in [0.717, 1.165) is 84.7 Å². The number of carbonyl (C=O) groups is 7. The van der Waals surface area contributed by atoms with Gasteiger partial charge in [-0.3, -0.25) is 48.4 Å². The summed E-state index contributed by atoms with van der Waals surface area (Å²) in [5.41, 5.74) is 7.72. The van der Waals surface area contributed by atoms with E-state index < -0.39 is 48.3 Å². The number of imide groups is 2. The van der Waals surface area contributed by atoms with Gasteiger partial charge in [0.25, 0.3) is 23.6 Å². The molecule has 0 aromatic heterocycles. The number of nitrogens with two attached hydrogens (primary N) is 1. The number of rotatable bonds is 15. The van der Waals surface area contributed by atoms with E-state index in [9.17, 15) is 43.9 Å². The lowest BCUT2D eigenvalue weighted by atomic mass is 9.49. The van der Waals surface area contributed by atoms with Gasteiger partial charge in [0.05, 0.1) is 28.3 Å². The quantitative estimate of drug-likeness (QED) is 0.158. The van der Waals surface area contributed by atoms with Crippen molar-refractivity contribution < 1.29 is 43.4 Å². The third-order valence-corrected chi connectivity index (χ3v) is 15.3. The van der Waals surface area contributed by atoms with E-state index in [0.29, 0.717) is 27.8 Å². The van der Waals surface area contributed by atoms with Gasteiger partial charge in [0.15, 0.2) is 0 Å². The van der Waals surface area contributed by atoms with Crippen molar-refractivity contribution in [2.75, 3.05) is 81.9 Å². The van der Waals surface area contributed by atoms with Crippen LogP contribution in [-0.2, 0) is 14.4 Å². The van der Waals surface area contributed by atoms with Crippen LogP contribution < -0.4 is 30.9 Å². The Morgan fingerprint density at radius 3 is 2.14 bits per heavy atom. The molecule has 3 saturated heterocycles. The fraction of sp³-hybridized carbons (Fsp3) is 0.490. The van der Waals surface area contributed by atoms with Crippen LogP contribution >= 0.6 is 11.6 Å². The molecule has 4 fully saturated rings. The number of piperidine rings is 2. The summed E-state index contributed by atoms with van der Waals surface area (Å²) in [5, 5.41) is 25.0. The van der Waals surface area contributed by atoms with Crippen LogP contribution in [0.1, 0.15) is 90.0 Å². The van der Waals surface area contributed by atoms with Gasteiger partial charge in [-0.2, -0.15) is 5.26 Å². The zero-order chi connectivity index (χ0) is 50.9. The number of carboxylic acid groups (broad SMARTS) is 1. The molecule has 20 heteroatoms. The molecule has 19 nitrogen and oxygen atoms in total. The van der Waals surface area contributed by atoms with Gasteiger partial charge in [-0.1, -0.05) is 39.3 Å². The molecule has 1 aliphatic carbocycles. The number of hydrogen-bond acceptors (Lipinski definition) is 13. The van der Waals surface area contributed by atoms with Crippen molar-refractivity contribution in [1.29, 1.82) is 5.26 Å². The molecule has 3 aromatic carbocycles. The second kappa shape index (κ2) is 20.5. The molecule has 1 saturated carbocycles. The zero-order valence-corrected chi connectivity index (χ0v) is 41.2. The lowest BCUT2D eigenvalue weighted by Gasteiger charge is -2.63. The van der Waals surface area contributed by atoms with Gasteiger partial charge in [0.2, 0.25) is 11.8 Å². The summed E-state index contributed by atoms with van der Waals surface area (Å²) in [5.74, 6) is -2.29. The van der Waals surface area contributed by atoms with Crippen LogP contribution in [0.4, 0.5) is 16.2 Å². The number of nitriles is 1.